The number of hydrogen-bond acceptors (Lipinski definition) is 4. The Labute approximate surface area is 181 Å². The van der Waals surface area contributed by atoms with Crippen molar-refractivity contribution < 1.29 is 14.3 Å². The van der Waals surface area contributed by atoms with Gasteiger partial charge in [0.05, 0.1) is 14.3 Å². The molecular weight excluding hydrogens is 635 g/mol. The summed E-state index contributed by atoms with van der Waals surface area (Å²) in [6.45, 7) is 0. The number of amides is 1. The average Bonchev–Trinajstić information content (AvgIpc) is 2.96. The second-order valence-electron chi connectivity index (χ2n) is 4.94. The number of carbonyl (C=O) groups is 1. The van der Waals surface area contributed by atoms with Gasteiger partial charge in [-0.25, -0.2) is 5.43 Å². The highest BCUT2D eigenvalue weighted by molar-refractivity contribution is 14.1. The van der Waals surface area contributed by atoms with Crippen LogP contribution in [0, 0.1) is 3.57 Å². The summed E-state index contributed by atoms with van der Waals surface area (Å²) < 4.78 is 8.66. The Morgan fingerprint density at radius 2 is 1.88 bits per heavy atom. The molecule has 0 aliphatic rings. The van der Waals surface area contributed by atoms with E-state index in [9.17, 15) is 9.90 Å². The number of furan rings is 1. The van der Waals surface area contributed by atoms with Crippen molar-refractivity contribution in [2.45, 2.75) is 0 Å². The number of phenolic OH excluding ortho intramolecular Hbond substituents is 1. The molecule has 128 valence electrons. The summed E-state index contributed by atoms with van der Waals surface area (Å²) in [6, 6.07) is 8.79. The third-order valence-electron chi connectivity index (χ3n) is 3.19. The maximum Gasteiger partial charge on any atom is 0.307 e. The van der Waals surface area contributed by atoms with Crippen molar-refractivity contribution in [1.82, 2.24) is 5.43 Å². The number of benzene rings is 2. The van der Waals surface area contributed by atoms with Crippen LogP contribution >= 0.6 is 70.4 Å². The standard InChI is InChI=1S/C16H8Br3IN2O3/c17-9-1-7-3-13(25-15(7)11(19)4-9)16(24)22-21-6-8-2-10(18)5-12(20)14(8)23/h1-6,23H,(H,22,24)/b21-6-. The van der Waals surface area contributed by atoms with Gasteiger partial charge in [0, 0.05) is 19.9 Å². The lowest BCUT2D eigenvalue weighted by atomic mass is 10.2. The van der Waals surface area contributed by atoms with Gasteiger partial charge in [-0.3, -0.25) is 4.79 Å². The van der Waals surface area contributed by atoms with Crippen LogP contribution in [-0.4, -0.2) is 17.2 Å². The highest BCUT2D eigenvalue weighted by Gasteiger charge is 2.14. The van der Waals surface area contributed by atoms with Gasteiger partial charge in [-0.2, -0.15) is 5.10 Å². The first kappa shape index (κ1) is 18.9. The molecule has 0 saturated heterocycles. The van der Waals surface area contributed by atoms with Crippen LogP contribution in [0.1, 0.15) is 16.1 Å². The first-order valence-electron chi connectivity index (χ1n) is 6.75. The normalized spacial score (nSPS) is 11.4. The Bertz CT molecular complexity index is 1020. The summed E-state index contributed by atoms with van der Waals surface area (Å²) >= 11 is 12.1. The largest absolute Gasteiger partial charge is 0.506 e. The van der Waals surface area contributed by atoms with E-state index < -0.39 is 5.91 Å². The Balaban J connectivity index is 1.80. The molecule has 1 heterocycles. The molecule has 3 aromatic rings. The maximum absolute atomic E-state index is 12.2. The summed E-state index contributed by atoms with van der Waals surface area (Å²) in [4.78, 5) is 12.2. The third kappa shape index (κ3) is 4.26. The predicted molar refractivity (Wildman–Crippen MR) is 115 cm³/mol. The minimum Gasteiger partial charge on any atom is -0.506 e. The van der Waals surface area contributed by atoms with E-state index in [0.29, 0.717) is 14.7 Å². The third-order valence-corrected chi connectivity index (χ3v) is 5.51. The van der Waals surface area contributed by atoms with E-state index in [0.717, 1.165) is 18.8 Å². The lowest BCUT2D eigenvalue weighted by Crippen LogP contribution is -2.16. The van der Waals surface area contributed by atoms with Crippen LogP contribution in [0.2, 0.25) is 0 Å². The molecule has 25 heavy (non-hydrogen) atoms. The van der Waals surface area contributed by atoms with Crippen LogP contribution in [0.4, 0.5) is 0 Å². The fraction of sp³-hybridized carbons (Fsp3) is 0. The molecule has 1 aromatic heterocycles. The first-order chi connectivity index (χ1) is 11.8. The number of halogens is 4. The van der Waals surface area contributed by atoms with Crippen LogP contribution in [0.25, 0.3) is 11.0 Å². The second kappa shape index (κ2) is 7.77. The molecule has 0 bridgehead atoms. The number of hydrogen-bond donors (Lipinski definition) is 2. The molecule has 5 nitrogen and oxygen atoms in total. The van der Waals surface area contributed by atoms with Crippen LogP contribution in [-0.2, 0) is 0 Å². The Hall–Kier alpha value is -0.910. The minimum atomic E-state index is -0.486. The highest BCUT2D eigenvalue weighted by Crippen LogP contribution is 2.31. The van der Waals surface area contributed by atoms with Gasteiger partial charge in [-0.05, 0) is 68.9 Å². The van der Waals surface area contributed by atoms with Gasteiger partial charge >= 0.3 is 5.91 Å². The molecule has 3 rings (SSSR count). The van der Waals surface area contributed by atoms with E-state index >= 15 is 0 Å². The Morgan fingerprint density at radius 1 is 1.16 bits per heavy atom. The Morgan fingerprint density at radius 3 is 2.64 bits per heavy atom. The lowest BCUT2D eigenvalue weighted by Gasteiger charge is -2.02. The van der Waals surface area contributed by atoms with Crippen molar-refractivity contribution in [1.29, 1.82) is 0 Å². The van der Waals surface area contributed by atoms with Gasteiger partial charge in [0.1, 0.15) is 11.3 Å². The van der Waals surface area contributed by atoms with Crippen molar-refractivity contribution in [3.05, 3.63) is 58.6 Å². The van der Waals surface area contributed by atoms with Gasteiger partial charge in [0.15, 0.2) is 5.76 Å². The molecule has 0 fully saturated rings. The van der Waals surface area contributed by atoms with Crippen molar-refractivity contribution in [3.8, 4) is 5.75 Å². The Kier molecular flexibility index (Phi) is 5.86. The smallest absolute Gasteiger partial charge is 0.307 e. The van der Waals surface area contributed by atoms with Gasteiger partial charge in [0.2, 0.25) is 0 Å². The fourth-order valence-electron chi connectivity index (χ4n) is 2.09. The fourth-order valence-corrected chi connectivity index (χ4v) is 4.98. The minimum absolute atomic E-state index is 0.0966. The van der Waals surface area contributed by atoms with Gasteiger partial charge < -0.3 is 9.52 Å². The summed E-state index contributed by atoms with van der Waals surface area (Å²) in [5.74, 6) is -0.252. The zero-order valence-corrected chi connectivity index (χ0v) is 19.1. The molecule has 2 aromatic carbocycles. The topological polar surface area (TPSA) is 74.8 Å². The monoisotopic (exact) mass is 640 g/mol. The van der Waals surface area contributed by atoms with E-state index in [1.54, 1.807) is 18.2 Å². The second-order valence-corrected chi connectivity index (χ2v) is 8.79. The molecule has 0 aliphatic carbocycles. The molecule has 0 spiro atoms. The van der Waals surface area contributed by atoms with Gasteiger partial charge in [-0.15, -0.1) is 0 Å². The molecule has 2 N–H and O–H groups in total. The molecule has 0 aliphatic heterocycles. The summed E-state index contributed by atoms with van der Waals surface area (Å²) in [5, 5.41) is 14.7. The van der Waals surface area contributed by atoms with Crippen molar-refractivity contribution >= 4 is 93.5 Å². The van der Waals surface area contributed by atoms with Crippen molar-refractivity contribution in [2.75, 3.05) is 0 Å². The number of aromatic hydroxyl groups is 1. The highest BCUT2D eigenvalue weighted by atomic mass is 127. The molecule has 1 amide bonds. The maximum atomic E-state index is 12.2. The summed E-state index contributed by atoms with van der Waals surface area (Å²) in [6.07, 6.45) is 1.37. The average molecular weight is 643 g/mol. The van der Waals surface area contributed by atoms with Crippen LogP contribution in [0.15, 0.2) is 53.3 Å². The van der Waals surface area contributed by atoms with E-state index in [1.807, 2.05) is 34.7 Å². The zero-order chi connectivity index (χ0) is 18.1. The number of phenols is 1. The molecule has 0 unspecified atom stereocenters. The molecule has 0 atom stereocenters. The SMILES string of the molecule is O=C(N/N=C\c1cc(Br)cc(I)c1O)c1cc2cc(Br)cc(Br)c2o1. The summed E-state index contributed by atoms with van der Waals surface area (Å²) in [5.41, 5.74) is 3.45. The van der Waals surface area contributed by atoms with E-state index in [-0.39, 0.29) is 11.5 Å². The molecular formula is C16H8Br3IN2O3. The quantitative estimate of drug-likeness (QED) is 0.216. The molecule has 0 saturated carbocycles. The van der Waals surface area contributed by atoms with E-state index in [1.165, 1.54) is 6.21 Å². The van der Waals surface area contributed by atoms with Crippen molar-refractivity contribution in [3.63, 3.8) is 0 Å². The molecule has 9 heteroatoms. The number of nitrogens with zero attached hydrogens (tertiary/aromatic N) is 1. The van der Waals surface area contributed by atoms with Crippen molar-refractivity contribution in [2.24, 2.45) is 5.10 Å². The zero-order valence-electron chi connectivity index (χ0n) is 12.2. The van der Waals surface area contributed by atoms with Gasteiger partial charge in [-0.1, -0.05) is 31.9 Å². The number of fused-ring (bicyclic) bond motifs is 1. The lowest BCUT2D eigenvalue weighted by molar-refractivity contribution is 0.0929. The number of hydrazone groups is 1. The number of carbonyl (C=O) groups excluding carboxylic acids is 1. The first-order valence-corrected chi connectivity index (χ1v) is 10.2. The predicted octanol–water partition coefficient (Wildman–Crippen LogP) is 5.79. The number of rotatable bonds is 3. The summed E-state index contributed by atoms with van der Waals surface area (Å²) in [7, 11) is 0. The number of nitrogens with one attached hydrogen (secondary N) is 1. The van der Waals surface area contributed by atoms with Crippen LogP contribution in [0.5, 0.6) is 5.75 Å². The van der Waals surface area contributed by atoms with E-state index in [4.69, 9.17) is 4.42 Å². The van der Waals surface area contributed by atoms with Crippen LogP contribution < -0.4 is 5.43 Å². The molecule has 0 radical (unpaired) electrons. The van der Waals surface area contributed by atoms with E-state index in [2.05, 4.69) is 58.3 Å². The van der Waals surface area contributed by atoms with Gasteiger partial charge in [0.25, 0.3) is 0 Å². The van der Waals surface area contributed by atoms with Crippen LogP contribution in [0.3, 0.4) is 0 Å².